The molecule has 6 rings (SSSR count). The third kappa shape index (κ3) is 11.0. The van der Waals surface area contributed by atoms with Crippen LogP contribution in [0, 0.1) is 35.0 Å². The molecule has 1 aliphatic carbocycles. The maximum absolute atomic E-state index is 13.6. The van der Waals surface area contributed by atoms with Gasteiger partial charge in [-0.05, 0) is 75.4 Å². The third-order valence-corrected chi connectivity index (χ3v) is 14.7. The Kier molecular flexibility index (Phi) is 15.7. The SMILES string of the molecule is Cc1ncsc1-c1ccc(C(C)NC(=O)[C@@H]2C[C@@H](O)CN2C(=O)[C@@H](N)[C@@H](C)OCCCN(C)CCc2ccc(C(=O)CC3C(C)(C)C(Oc4ccc(C#N)c(Cl)c4)C3(C)C)cc2)cc1. The van der Waals surface area contributed by atoms with E-state index in [9.17, 15) is 24.8 Å². The largest absolute Gasteiger partial charge is 0.489 e. The Morgan fingerprint density at radius 2 is 1.75 bits per heavy atom. The van der Waals surface area contributed by atoms with Crippen LogP contribution < -0.4 is 15.8 Å². The van der Waals surface area contributed by atoms with Gasteiger partial charge in [-0.1, -0.05) is 87.8 Å². The minimum atomic E-state index is -0.994. The van der Waals surface area contributed by atoms with Gasteiger partial charge in [0.2, 0.25) is 11.8 Å². The number of carbonyl (C=O) groups is 3. The Balaban J connectivity index is 0.898. The van der Waals surface area contributed by atoms with E-state index in [4.69, 9.17) is 26.8 Å². The number of aliphatic hydroxyl groups excluding tert-OH is 1. The number of β-amino-alcohol motifs (C(OH)–C–C–N with tert-alkyl or cyclic N) is 1. The Labute approximate surface area is 387 Å². The van der Waals surface area contributed by atoms with Crippen molar-refractivity contribution in [3.8, 4) is 22.3 Å². The van der Waals surface area contributed by atoms with Crippen LogP contribution in [0.2, 0.25) is 5.02 Å². The first-order valence-electron chi connectivity index (χ1n) is 22.1. The number of likely N-dealkylation sites (N-methyl/N-ethyl adjacent to an activating group) is 1. The third-order valence-electron chi connectivity index (χ3n) is 13.4. The summed E-state index contributed by atoms with van der Waals surface area (Å²) in [6.07, 6.45) is 0.549. The van der Waals surface area contributed by atoms with E-state index in [-0.39, 0.29) is 53.5 Å². The van der Waals surface area contributed by atoms with Gasteiger partial charge in [-0.3, -0.25) is 14.4 Å². The summed E-state index contributed by atoms with van der Waals surface area (Å²) in [5.74, 6) is 0.0758. The number of aromatic nitrogens is 1. The lowest BCUT2D eigenvalue weighted by molar-refractivity contribution is -0.196. The molecule has 3 aromatic carbocycles. The fourth-order valence-corrected chi connectivity index (χ4v) is 10.7. The van der Waals surface area contributed by atoms with Crippen LogP contribution in [0.4, 0.5) is 0 Å². The van der Waals surface area contributed by atoms with Crippen LogP contribution in [0.3, 0.4) is 0 Å². The highest BCUT2D eigenvalue weighted by Gasteiger charge is 2.63. The number of benzene rings is 3. The summed E-state index contributed by atoms with van der Waals surface area (Å²) in [6, 6.07) is 20.9. The van der Waals surface area contributed by atoms with Crippen LogP contribution in [0.25, 0.3) is 10.4 Å². The number of nitrogens with one attached hydrogen (secondary N) is 1. The predicted molar refractivity (Wildman–Crippen MR) is 251 cm³/mol. The van der Waals surface area contributed by atoms with Gasteiger partial charge in [0.25, 0.3) is 0 Å². The number of carbonyl (C=O) groups excluding carboxylic acids is 3. The number of rotatable bonds is 19. The molecule has 12 nitrogen and oxygen atoms in total. The van der Waals surface area contributed by atoms with Gasteiger partial charge in [-0.15, -0.1) is 11.3 Å². The molecule has 4 N–H and O–H groups in total. The topological polar surface area (TPSA) is 171 Å². The Morgan fingerprint density at radius 1 is 1.06 bits per heavy atom. The molecule has 2 amide bonds. The summed E-state index contributed by atoms with van der Waals surface area (Å²) in [5.41, 5.74) is 12.9. The summed E-state index contributed by atoms with van der Waals surface area (Å²) < 4.78 is 12.4. The fourth-order valence-electron chi connectivity index (χ4n) is 9.71. The molecule has 4 aromatic rings. The number of ketones is 1. The second-order valence-corrected chi connectivity index (χ2v) is 20.1. The van der Waals surface area contributed by atoms with Crippen molar-refractivity contribution in [1.82, 2.24) is 20.1 Å². The molecular weight excluding hydrogens is 848 g/mol. The number of nitrogens with zero attached hydrogens (tertiary/aromatic N) is 4. The molecule has 2 aliphatic rings. The summed E-state index contributed by atoms with van der Waals surface area (Å²) in [4.78, 5) is 49.6. The van der Waals surface area contributed by atoms with Gasteiger partial charge in [0.1, 0.15) is 30.0 Å². The van der Waals surface area contributed by atoms with Gasteiger partial charge < -0.3 is 35.4 Å². The van der Waals surface area contributed by atoms with Crippen LogP contribution in [0.15, 0.2) is 72.2 Å². The maximum Gasteiger partial charge on any atom is 0.243 e. The van der Waals surface area contributed by atoms with Crippen LogP contribution in [-0.4, -0.2) is 101 Å². The van der Waals surface area contributed by atoms with Crippen molar-refractivity contribution in [3.63, 3.8) is 0 Å². The number of hydrogen-bond donors (Lipinski definition) is 3. The van der Waals surface area contributed by atoms with Gasteiger partial charge in [0.15, 0.2) is 5.78 Å². The highest BCUT2D eigenvalue weighted by molar-refractivity contribution is 7.13. The molecule has 64 heavy (non-hydrogen) atoms. The first-order valence-corrected chi connectivity index (χ1v) is 23.4. The van der Waals surface area contributed by atoms with Gasteiger partial charge in [0, 0.05) is 61.5 Å². The molecule has 2 fully saturated rings. The van der Waals surface area contributed by atoms with Gasteiger partial charge in [-0.2, -0.15) is 5.26 Å². The molecule has 14 heteroatoms. The number of nitrogens with two attached hydrogens (primary N) is 1. The molecule has 1 aliphatic heterocycles. The van der Waals surface area contributed by atoms with Crippen molar-refractivity contribution in [2.24, 2.45) is 22.5 Å². The summed E-state index contributed by atoms with van der Waals surface area (Å²) >= 11 is 7.84. The van der Waals surface area contributed by atoms with E-state index in [2.05, 4.69) is 56.0 Å². The zero-order chi connectivity index (χ0) is 46.5. The standard InChI is InChI=1S/C50H63ClN6O6S/c1-30(34-14-16-36(17-15-34)45-31(2)54-29-64-45)55-46(60)41-24-38(58)28-57(41)47(61)44(53)32(3)62-23-9-21-56(8)22-20-33-10-12-35(13-11-33)42(59)26-43-49(4,5)48(50(43,6)7)63-39-19-18-37(27-52)40(51)25-39/h10-19,25,29-30,32,38,41,43-44,48,58H,9,20-24,26,28,53H2,1-8H3,(H,55,60)/t30?,32-,38-,41+,43?,44+,48?/m1/s1. The molecular formula is C50H63ClN6O6S. The molecule has 1 saturated heterocycles. The Bertz CT molecular complexity index is 2290. The molecule has 1 aromatic heterocycles. The first-order chi connectivity index (χ1) is 30.3. The quantitative estimate of drug-likeness (QED) is 0.0624. The molecule has 0 radical (unpaired) electrons. The van der Waals surface area contributed by atoms with E-state index >= 15 is 0 Å². The van der Waals surface area contributed by atoms with Crippen LogP contribution in [0.1, 0.15) is 99.6 Å². The minimum absolute atomic E-state index is 0.0331. The molecule has 1 saturated carbocycles. The van der Waals surface area contributed by atoms with Crippen molar-refractivity contribution in [3.05, 3.63) is 105 Å². The summed E-state index contributed by atoms with van der Waals surface area (Å²) in [6.45, 7) is 16.2. The summed E-state index contributed by atoms with van der Waals surface area (Å²) in [5, 5.41) is 23.1. The molecule has 0 bridgehead atoms. The van der Waals surface area contributed by atoms with Crippen LogP contribution in [0.5, 0.6) is 5.75 Å². The first kappa shape index (κ1) is 48.8. The zero-order valence-electron chi connectivity index (χ0n) is 38.3. The van der Waals surface area contributed by atoms with Crippen molar-refractivity contribution in [2.75, 3.05) is 33.3 Å². The van der Waals surface area contributed by atoms with E-state index < -0.39 is 30.2 Å². The van der Waals surface area contributed by atoms with Gasteiger partial charge in [0.05, 0.1) is 44.9 Å². The fraction of sp³-hybridized carbons (Fsp3) is 0.500. The van der Waals surface area contributed by atoms with E-state index in [1.807, 2.05) is 67.9 Å². The number of hydrogen-bond acceptors (Lipinski definition) is 11. The normalized spacial score (nSPS) is 21.4. The average molecular weight is 912 g/mol. The molecule has 5 atom stereocenters. The van der Waals surface area contributed by atoms with Crippen molar-refractivity contribution in [1.29, 1.82) is 5.26 Å². The average Bonchev–Trinajstić information content (AvgIpc) is 3.89. The number of halogens is 1. The van der Waals surface area contributed by atoms with Crippen molar-refractivity contribution >= 4 is 40.5 Å². The number of aliphatic hydroxyl groups is 1. The van der Waals surface area contributed by atoms with E-state index in [0.717, 1.165) is 53.2 Å². The van der Waals surface area contributed by atoms with Crippen molar-refractivity contribution in [2.45, 2.75) is 111 Å². The number of aryl methyl sites for hydroxylation is 1. The lowest BCUT2D eigenvalue weighted by atomic mass is 9.44. The predicted octanol–water partition coefficient (Wildman–Crippen LogP) is 7.78. The van der Waals surface area contributed by atoms with Crippen molar-refractivity contribution < 1.29 is 29.0 Å². The van der Waals surface area contributed by atoms with Crippen LogP contribution >= 0.6 is 22.9 Å². The lowest BCUT2D eigenvalue weighted by Crippen LogP contribution is -2.66. The monoisotopic (exact) mass is 910 g/mol. The number of amides is 2. The molecule has 0 spiro atoms. The number of nitriles is 1. The number of likely N-dealkylation sites (tertiary alicyclic amines) is 1. The highest BCUT2D eigenvalue weighted by atomic mass is 35.5. The summed E-state index contributed by atoms with van der Waals surface area (Å²) in [7, 11) is 2.05. The number of ether oxygens (including phenoxy) is 2. The lowest BCUT2D eigenvalue weighted by Gasteiger charge is -2.63. The van der Waals surface area contributed by atoms with Crippen LogP contribution in [-0.2, 0) is 20.7 Å². The number of thiazole rings is 1. The Morgan fingerprint density at radius 3 is 2.38 bits per heavy atom. The second-order valence-electron chi connectivity index (χ2n) is 18.8. The molecule has 2 heterocycles. The smallest absolute Gasteiger partial charge is 0.243 e. The van der Waals surface area contributed by atoms with Gasteiger partial charge >= 0.3 is 0 Å². The Hall–Kier alpha value is -4.68. The molecule has 1 unspecified atom stereocenters. The second kappa shape index (κ2) is 20.7. The number of Topliss-reactive ketones (excluding diaryl/α,β-unsaturated/α-hetero) is 1. The zero-order valence-corrected chi connectivity index (χ0v) is 39.8. The highest BCUT2D eigenvalue weighted by Crippen LogP contribution is 2.61. The molecule has 342 valence electrons. The minimum Gasteiger partial charge on any atom is -0.489 e. The van der Waals surface area contributed by atoms with Gasteiger partial charge in [-0.25, -0.2) is 4.98 Å². The van der Waals surface area contributed by atoms with E-state index in [1.165, 1.54) is 4.90 Å². The van der Waals surface area contributed by atoms with E-state index in [1.54, 1.807) is 36.5 Å². The van der Waals surface area contributed by atoms with E-state index in [0.29, 0.717) is 34.9 Å². The maximum atomic E-state index is 13.6.